The van der Waals surface area contributed by atoms with Crippen molar-refractivity contribution in [1.29, 1.82) is 0 Å². The van der Waals surface area contributed by atoms with Crippen LogP contribution in [-0.2, 0) is 14.9 Å². The van der Waals surface area contributed by atoms with E-state index in [2.05, 4.69) is 4.90 Å². The van der Waals surface area contributed by atoms with Gasteiger partial charge in [0, 0.05) is 0 Å². The SMILES string of the molecule is CN(C)CCC1(c2ccccc2)C=COC1=O. The first-order chi connectivity index (χ1) is 8.15. The first kappa shape index (κ1) is 11.9. The van der Waals surface area contributed by atoms with E-state index in [4.69, 9.17) is 4.74 Å². The molecule has 1 aromatic carbocycles. The molecule has 1 aliphatic heterocycles. The summed E-state index contributed by atoms with van der Waals surface area (Å²) in [6, 6.07) is 9.81. The quantitative estimate of drug-likeness (QED) is 0.742. The second-order valence-electron chi connectivity index (χ2n) is 4.60. The zero-order chi connectivity index (χ0) is 12.3. The topological polar surface area (TPSA) is 29.5 Å². The standard InChI is InChI=1S/C14H17NO2/c1-15(2)10-8-14(9-11-17-13(14)16)12-6-4-3-5-7-12/h3-7,9,11H,8,10H2,1-2H3. The molecule has 1 atom stereocenters. The van der Waals surface area contributed by atoms with E-state index in [0.717, 1.165) is 18.5 Å². The maximum absolute atomic E-state index is 12.0. The van der Waals surface area contributed by atoms with Crippen molar-refractivity contribution < 1.29 is 9.53 Å². The summed E-state index contributed by atoms with van der Waals surface area (Å²) < 4.78 is 5.02. The molecule has 2 rings (SSSR count). The van der Waals surface area contributed by atoms with E-state index in [1.807, 2.05) is 50.5 Å². The first-order valence-electron chi connectivity index (χ1n) is 5.74. The predicted molar refractivity (Wildman–Crippen MR) is 66.5 cm³/mol. The lowest BCUT2D eigenvalue weighted by Crippen LogP contribution is -2.34. The number of cyclic esters (lactones) is 1. The van der Waals surface area contributed by atoms with Gasteiger partial charge in [0.25, 0.3) is 0 Å². The molecule has 0 aliphatic carbocycles. The van der Waals surface area contributed by atoms with Gasteiger partial charge in [0.1, 0.15) is 5.41 Å². The number of rotatable bonds is 4. The fraction of sp³-hybridized carbons (Fsp3) is 0.357. The van der Waals surface area contributed by atoms with Crippen LogP contribution in [0.15, 0.2) is 42.7 Å². The fourth-order valence-electron chi connectivity index (χ4n) is 2.06. The molecule has 1 aliphatic rings. The Balaban J connectivity index is 2.31. The summed E-state index contributed by atoms with van der Waals surface area (Å²) in [6.45, 7) is 0.842. The normalized spacial score (nSPS) is 23.1. The maximum atomic E-state index is 12.0. The molecule has 1 heterocycles. The van der Waals surface area contributed by atoms with E-state index in [-0.39, 0.29) is 5.97 Å². The molecule has 3 heteroatoms. The third-order valence-electron chi connectivity index (χ3n) is 3.13. The van der Waals surface area contributed by atoms with Gasteiger partial charge in [0.05, 0.1) is 6.26 Å². The van der Waals surface area contributed by atoms with Crippen LogP contribution in [0.3, 0.4) is 0 Å². The largest absolute Gasteiger partial charge is 0.434 e. The molecule has 0 saturated heterocycles. The van der Waals surface area contributed by atoms with Crippen molar-refractivity contribution in [2.24, 2.45) is 0 Å². The fourth-order valence-corrected chi connectivity index (χ4v) is 2.06. The Morgan fingerprint density at radius 1 is 1.24 bits per heavy atom. The highest BCUT2D eigenvalue weighted by molar-refractivity contribution is 5.88. The molecule has 0 radical (unpaired) electrons. The van der Waals surface area contributed by atoms with Crippen molar-refractivity contribution in [2.75, 3.05) is 20.6 Å². The number of benzene rings is 1. The minimum atomic E-state index is -0.606. The Hall–Kier alpha value is -1.61. The summed E-state index contributed by atoms with van der Waals surface area (Å²) in [5, 5.41) is 0. The van der Waals surface area contributed by atoms with E-state index in [0.29, 0.717) is 0 Å². The van der Waals surface area contributed by atoms with Crippen LogP contribution >= 0.6 is 0 Å². The highest BCUT2D eigenvalue weighted by Gasteiger charge is 2.42. The van der Waals surface area contributed by atoms with Gasteiger partial charge in [-0.15, -0.1) is 0 Å². The van der Waals surface area contributed by atoms with Crippen LogP contribution in [0.1, 0.15) is 12.0 Å². The number of esters is 1. The van der Waals surface area contributed by atoms with Gasteiger partial charge in [-0.1, -0.05) is 30.3 Å². The smallest absolute Gasteiger partial charge is 0.325 e. The van der Waals surface area contributed by atoms with Crippen LogP contribution in [0.4, 0.5) is 0 Å². The van der Waals surface area contributed by atoms with Gasteiger partial charge in [-0.25, -0.2) is 0 Å². The van der Waals surface area contributed by atoms with Gasteiger partial charge in [-0.05, 0) is 38.7 Å². The van der Waals surface area contributed by atoms with E-state index < -0.39 is 5.41 Å². The Morgan fingerprint density at radius 3 is 2.47 bits per heavy atom. The summed E-state index contributed by atoms with van der Waals surface area (Å²) in [7, 11) is 4.01. The molecule has 0 aromatic heterocycles. The van der Waals surface area contributed by atoms with Crippen molar-refractivity contribution in [1.82, 2.24) is 4.90 Å². The lowest BCUT2D eigenvalue weighted by molar-refractivity contribution is -0.140. The third-order valence-corrected chi connectivity index (χ3v) is 3.13. The van der Waals surface area contributed by atoms with E-state index >= 15 is 0 Å². The predicted octanol–water partition coefficient (Wildman–Crippen LogP) is 1.95. The lowest BCUT2D eigenvalue weighted by Gasteiger charge is -2.25. The number of carbonyl (C=O) groups is 1. The average Bonchev–Trinajstić information content (AvgIpc) is 2.70. The van der Waals surface area contributed by atoms with Crippen molar-refractivity contribution in [3.05, 3.63) is 48.2 Å². The Labute approximate surface area is 102 Å². The van der Waals surface area contributed by atoms with Crippen LogP contribution in [0, 0.1) is 0 Å². The van der Waals surface area contributed by atoms with Gasteiger partial charge in [0.15, 0.2) is 0 Å². The number of nitrogens with zero attached hydrogens (tertiary/aromatic N) is 1. The van der Waals surface area contributed by atoms with Crippen molar-refractivity contribution in [3.63, 3.8) is 0 Å². The molecule has 1 unspecified atom stereocenters. The third kappa shape index (κ3) is 2.24. The van der Waals surface area contributed by atoms with E-state index in [9.17, 15) is 4.79 Å². The van der Waals surface area contributed by atoms with Crippen LogP contribution < -0.4 is 0 Å². The molecule has 17 heavy (non-hydrogen) atoms. The van der Waals surface area contributed by atoms with Crippen LogP contribution in [0.25, 0.3) is 0 Å². The Morgan fingerprint density at radius 2 is 1.94 bits per heavy atom. The highest BCUT2D eigenvalue weighted by Crippen LogP contribution is 2.35. The van der Waals surface area contributed by atoms with Crippen LogP contribution in [-0.4, -0.2) is 31.5 Å². The highest BCUT2D eigenvalue weighted by atomic mass is 16.5. The number of hydrogen-bond donors (Lipinski definition) is 0. The molecule has 1 aromatic rings. The Kier molecular flexibility index (Phi) is 3.29. The number of ether oxygens (including phenoxy) is 1. The van der Waals surface area contributed by atoms with Gasteiger partial charge < -0.3 is 9.64 Å². The molecule has 0 bridgehead atoms. The summed E-state index contributed by atoms with van der Waals surface area (Å²) in [4.78, 5) is 14.1. The molecule has 0 saturated carbocycles. The second kappa shape index (κ2) is 4.72. The van der Waals surface area contributed by atoms with Crippen molar-refractivity contribution in [2.45, 2.75) is 11.8 Å². The molecule has 90 valence electrons. The molecule has 0 spiro atoms. The molecular formula is C14H17NO2. The summed E-state index contributed by atoms with van der Waals surface area (Å²) in [6.07, 6.45) is 4.11. The summed E-state index contributed by atoms with van der Waals surface area (Å²) >= 11 is 0. The second-order valence-corrected chi connectivity index (χ2v) is 4.60. The zero-order valence-corrected chi connectivity index (χ0v) is 10.2. The monoisotopic (exact) mass is 231 g/mol. The van der Waals surface area contributed by atoms with Gasteiger partial charge in [0.2, 0.25) is 0 Å². The number of hydrogen-bond acceptors (Lipinski definition) is 3. The van der Waals surface area contributed by atoms with Crippen LogP contribution in [0.5, 0.6) is 0 Å². The maximum Gasteiger partial charge on any atom is 0.325 e. The minimum absolute atomic E-state index is 0.175. The van der Waals surface area contributed by atoms with Gasteiger partial charge in [-0.3, -0.25) is 4.79 Å². The van der Waals surface area contributed by atoms with E-state index in [1.165, 1.54) is 6.26 Å². The number of carbonyl (C=O) groups excluding carboxylic acids is 1. The summed E-state index contributed by atoms with van der Waals surface area (Å²) in [5.74, 6) is -0.175. The van der Waals surface area contributed by atoms with Crippen LogP contribution in [0.2, 0.25) is 0 Å². The molecule has 0 fully saturated rings. The zero-order valence-electron chi connectivity index (χ0n) is 10.2. The average molecular weight is 231 g/mol. The Bertz CT molecular complexity index is 425. The minimum Gasteiger partial charge on any atom is -0.434 e. The summed E-state index contributed by atoms with van der Waals surface area (Å²) in [5.41, 5.74) is 0.395. The lowest BCUT2D eigenvalue weighted by atomic mass is 9.78. The van der Waals surface area contributed by atoms with Crippen molar-refractivity contribution >= 4 is 5.97 Å². The first-order valence-corrected chi connectivity index (χ1v) is 5.74. The van der Waals surface area contributed by atoms with Gasteiger partial charge in [-0.2, -0.15) is 0 Å². The van der Waals surface area contributed by atoms with Gasteiger partial charge >= 0.3 is 5.97 Å². The van der Waals surface area contributed by atoms with Crippen molar-refractivity contribution in [3.8, 4) is 0 Å². The molecular weight excluding hydrogens is 214 g/mol. The molecule has 3 nitrogen and oxygen atoms in total. The molecule has 0 N–H and O–H groups in total. The van der Waals surface area contributed by atoms with E-state index in [1.54, 1.807) is 0 Å². The molecule has 0 amide bonds.